The van der Waals surface area contributed by atoms with Gasteiger partial charge in [-0.3, -0.25) is 4.99 Å². The molecular weight excluding hydrogens is 184 g/mol. The van der Waals surface area contributed by atoms with Gasteiger partial charge in [-0.2, -0.15) is 0 Å². The van der Waals surface area contributed by atoms with E-state index in [-0.39, 0.29) is 0 Å². The third-order valence-electron chi connectivity index (χ3n) is 1.57. The highest BCUT2D eigenvalue weighted by Gasteiger charge is 1.97. The van der Waals surface area contributed by atoms with Crippen LogP contribution >= 0.6 is 0 Å². The summed E-state index contributed by atoms with van der Waals surface area (Å²) in [5.41, 5.74) is 7.23. The lowest BCUT2D eigenvalue weighted by Gasteiger charge is -1.99. The Bertz CT molecular complexity index is 328. The van der Waals surface area contributed by atoms with Crippen LogP contribution in [-0.2, 0) is 0 Å². The molecule has 0 unspecified atom stereocenters. The Morgan fingerprint density at radius 2 is 1.93 bits per heavy atom. The van der Waals surface area contributed by atoms with Crippen molar-refractivity contribution in [1.29, 1.82) is 0 Å². The van der Waals surface area contributed by atoms with Gasteiger partial charge in [0.05, 0.1) is 5.71 Å². The zero-order valence-electron chi connectivity index (χ0n) is 9.35. The number of nitrogens with zero attached hydrogens (tertiary/aromatic N) is 1. The van der Waals surface area contributed by atoms with Crippen molar-refractivity contribution in [3.8, 4) is 0 Å². The minimum Gasteiger partial charge on any atom is -0.404 e. The maximum atomic E-state index is 5.53. The molecule has 0 aromatic rings. The van der Waals surface area contributed by atoms with Crippen LogP contribution in [-0.4, -0.2) is 5.71 Å². The second-order valence-corrected chi connectivity index (χ2v) is 2.71. The summed E-state index contributed by atoms with van der Waals surface area (Å²) in [6, 6.07) is 0. The molecule has 0 fully saturated rings. The summed E-state index contributed by atoms with van der Waals surface area (Å²) in [6.07, 6.45) is 14.4. The maximum Gasteiger partial charge on any atom is 0.0712 e. The van der Waals surface area contributed by atoms with Crippen molar-refractivity contribution in [2.24, 2.45) is 10.7 Å². The highest BCUT2D eigenvalue weighted by molar-refractivity contribution is 6.10. The predicted molar refractivity (Wildman–Crippen MR) is 68.7 cm³/mol. The van der Waals surface area contributed by atoms with Crippen molar-refractivity contribution >= 4 is 5.71 Å². The van der Waals surface area contributed by atoms with Crippen LogP contribution in [0.5, 0.6) is 0 Å². The van der Waals surface area contributed by atoms with Crippen molar-refractivity contribution in [3.63, 3.8) is 0 Å². The van der Waals surface area contributed by atoms with Gasteiger partial charge in [0.2, 0.25) is 0 Å². The molecule has 0 aliphatic carbocycles. The van der Waals surface area contributed by atoms with Crippen LogP contribution in [0.25, 0.3) is 0 Å². The number of nitrogens with two attached hydrogens (primary N) is 1. The van der Waals surface area contributed by atoms with Crippen LogP contribution in [0, 0.1) is 0 Å². The molecule has 0 heterocycles. The molecule has 2 N–H and O–H groups in total. The zero-order valence-corrected chi connectivity index (χ0v) is 9.35. The van der Waals surface area contributed by atoms with Gasteiger partial charge in [0.15, 0.2) is 0 Å². The summed E-state index contributed by atoms with van der Waals surface area (Å²) in [5.74, 6) is 0. The van der Waals surface area contributed by atoms with E-state index in [0.29, 0.717) is 0 Å². The summed E-state index contributed by atoms with van der Waals surface area (Å²) in [5, 5.41) is 0. The minimum absolute atomic E-state index is 0.830. The number of hydrogen-bond donors (Lipinski definition) is 1. The lowest BCUT2D eigenvalue weighted by molar-refractivity contribution is 1.48. The molecule has 0 aromatic carbocycles. The highest BCUT2D eigenvalue weighted by Crippen LogP contribution is 2.02. The Morgan fingerprint density at radius 3 is 2.40 bits per heavy atom. The lowest BCUT2D eigenvalue weighted by Crippen LogP contribution is -1.99. The molecule has 0 aromatic heterocycles. The Balaban J connectivity index is 5.04. The van der Waals surface area contributed by atoms with E-state index < -0.39 is 0 Å². The Hall–Kier alpha value is -1.83. The molecule has 0 atom stereocenters. The van der Waals surface area contributed by atoms with Crippen LogP contribution < -0.4 is 5.73 Å². The standard InChI is InChI=1S/C13H18N2/c1-4-7-9-12(11-14)13(8-5-2)15-10-6-3/h4-11H,1,14H2,2-3H3/b8-5-,9-7-,10-6-,12-11+,15-13+. The third-order valence-corrected chi connectivity index (χ3v) is 1.57. The fourth-order valence-corrected chi connectivity index (χ4v) is 0.925. The van der Waals surface area contributed by atoms with Crippen LogP contribution in [0.3, 0.4) is 0 Å². The van der Waals surface area contributed by atoms with Crippen LogP contribution in [0.1, 0.15) is 13.8 Å². The van der Waals surface area contributed by atoms with E-state index in [1.165, 1.54) is 6.20 Å². The van der Waals surface area contributed by atoms with Crippen molar-refractivity contribution in [2.45, 2.75) is 13.8 Å². The van der Waals surface area contributed by atoms with E-state index in [4.69, 9.17) is 5.73 Å². The number of allylic oxidation sites excluding steroid dienone is 7. The van der Waals surface area contributed by atoms with Crippen molar-refractivity contribution in [1.82, 2.24) is 0 Å². The zero-order chi connectivity index (χ0) is 11.5. The molecule has 2 nitrogen and oxygen atoms in total. The molecule has 0 rings (SSSR count). The molecule has 0 amide bonds. The molecule has 0 aliphatic heterocycles. The fraction of sp³-hybridized carbons (Fsp3) is 0.154. The molecule has 0 saturated carbocycles. The number of hydrogen-bond acceptors (Lipinski definition) is 2. The summed E-state index contributed by atoms with van der Waals surface area (Å²) in [7, 11) is 0. The van der Waals surface area contributed by atoms with E-state index in [9.17, 15) is 0 Å². The van der Waals surface area contributed by atoms with Crippen LogP contribution in [0.2, 0.25) is 0 Å². The van der Waals surface area contributed by atoms with Gasteiger partial charge in [-0.25, -0.2) is 0 Å². The van der Waals surface area contributed by atoms with Crippen molar-refractivity contribution in [3.05, 3.63) is 61.0 Å². The van der Waals surface area contributed by atoms with Gasteiger partial charge in [-0.05, 0) is 19.9 Å². The largest absolute Gasteiger partial charge is 0.404 e. The maximum absolute atomic E-state index is 5.53. The summed E-state index contributed by atoms with van der Waals surface area (Å²) in [4.78, 5) is 4.27. The number of aliphatic imine (C=N–C) groups is 1. The summed E-state index contributed by atoms with van der Waals surface area (Å²) in [6.45, 7) is 7.47. The minimum atomic E-state index is 0.830. The molecule has 0 spiro atoms. The van der Waals surface area contributed by atoms with E-state index in [1.807, 2.05) is 44.2 Å². The SMILES string of the molecule is C=C/C=C\C(=C/N)C(/C=C\C)=N/C=C\C. The molecular formula is C13H18N2. The monoisotopic (exact) mass is 202 g/mol. The Labute approximate surface area is 91.9 Å². The van der Waals surface area contributed by atoms with Gasteiger partial charge < -0.3 is 5.73 Å². The molecule has 0 saturated heterocycles. The van der Waals surface area contributed by atoms with E-state index in [2.05, 4.69) is 11.6 Å². The molecule has 2 heteroatoms. The first-order chi connectivity index (χ1) is 7.29. The summed E-state index contributed by atoms with van der Waals surface area (Å²) < 4.78 is 0. The summed E-state index contributed by atoms with van der Waals surface area (Å²) >= 11 is 0. The third kappa shape index (κ3) is 5.47. The van der Waals surface area contributed by atoms with Gasteiger partial charge in [0.25, 0.3) is 0 Å². The fourth-order valence-electron chi connectivity index (χ4n) is 0.925. The molecule has 0 aliphatic rings. The first-order valence-corrected chi connectivity index (χ1v) is 4.83. The van der Waals surface area contributed by atoms with E-state index in [1.54, 1.807) is 12.3 Å². The van der Waals surface area contributed by atoms with E-state index >= 15 is 0 Å². The van der Waals surface area contributed by atoms with Crippen LogP contribution in [0.15, 0.2) is 66.0 Å². The molecule has 0 radical (unpaired) electrons. The number of rotatable bonds is 5. The second kappa shape index (κ2) is 8.75. The average Bonchev–Trinajstić information content (AvgIpc) is 2.26. The quantitative estimate of drug-likeness (QED) is 0.540. The van der Waals surface area contributed by atoms with Gasteiger partial charge in [0.1, 0.15) is 0 Å². The predicted octanol–water partition coefficient (Wildman–Crippen LogP) is 3.12. The Kier molecular flexibility index (Phi) is 7.69. The molecule has 15 heavy (non-hydrogen) atoms. The topological polar surface area (TPSA) is 38.4 Å². The smallest absolute Gasteiger partial charge is 0.0712 e. The first kappa shape index (κ1) is 13.2. The van der Waals surface area contributed by atoms with Crippen molar-refractivity contribution in [2.75, 3.05) is 0 Å². The average molecular weight is 202 g/mol. The highest BCUT2D eigenvalue weighted by atomic mass is 14.7. The lowest BCUT2D eigenvalue weighted by atomic mass is 10.1. The normalized spacial score (nSPS) is 14.5. The van der Waals surface area contributed by atoms with Gasteiger partial charge in [-0.15, -0.1) is 0 Å². The second-order valence-electron chi connectivity index (χ2n) is 2.71. The van der Waals surface area contributed by atoms with Crippen LogP contribution in [0.4, 0.5) is 0 Å². The van der Waals surface area contributed by atoms with Gasteiger partial charge in [-0.1, -0.05) is 37.0 Å². The van der Waals surface area contributed by atoms with Crippen molar-refractivity contribution < 1.29 is 0 Å². The van der Waals surface area contributed by atoms with Gasteiger partial charge >= 0.3 is 0 Å². The van der Waals surface area contributed by atoms with Gasteiger partial charge in [0, 0.05) is 18.0 Å². The Morgan fingerprint density at radius 1 is 1.20 bits per heavy atom. The molecule has 0 bridgehead atoms. The van der Waals surface area contributed by atoms with E-state index in [0.717, 1.165) is 11.3 Å². The molecule has 80 valence electrons. The first-order valence-electron chi connectivity index (χ1n) is 4.83.